The van der Waals surface area contributed by atoms with Crippen LogP contribution in [0, 0.1) is 12.7 Å². The van der Waals surface area contributed by atoms with Crippen molar-refractivity contribution in [3.63, 3.8) is 0 Å². The average molecular weight is 470 g/mol. The molecule has 1 aliphatic heterocycles. The quantitative estimate of drug-likeness (QED) is 0.450. The largest absolute Gasteiger partial charge is 0.481 e. The molecule has 1 fully saturated rings. The fraction of sp³-hybridized carbons (Fsp3) is 0.464. The van der Waals surface area contributed by atoms with Crippen molar-refractivity contribution in [1.29, 1.82) is 0 Å². The summed E-state index contributed by atoms with van der Waals surface area (Å²) in [4.78, 5) is 13.0. The normalized spacial score (nSPS) is 18.4. The minimum Gasteiger partial charge on any atom is -0.481 e. The van der Waals surface area contributed by atoms with Crippen molar-refractivity contribution >= 4 is 12.0 Å². The second kappa shape index (κ2) is 12.8. The Morgan fingerprint density at radius 3 is 2.85 bits per heavy atom. The maximum Gasteiger partial charge on any atom is 0.303 e. The molecular weight excluding hydrogens is 433 g/mol. The van der Waals surface area contributed by atoms with Crippen LogP contribution in [0.2, 0.25) is 0 Å². The van der Waals surface area contributed by atoms with Gasteiger partial charge in [-0.1, -0.05) is 48.6 Å². The molecule has 3 atom stereocenters. The number of aliphatic hydroxyl groups excluding tert-OH is 1. The van der Waals surface area contributed by atoms with Gasteiger partial charge >= 0.3 is 5.97 Å². The molecule has 1 heterocycles. The van der Waals surface area contributed by atoms with Gasteiger partial charge in [0.15, 0.2) is 0 Å². The maximum absolute atomic E-state index is 13.9. The Morgan fingerprint density at radius 2 is 2.09 bits per heavy atom. The van der Waals surface area contributed by atoms with Gasteiger partial charge in [0.2, 0.25) is 0 Å². The Morgan fingerprint density at radius 1 is 1.29 bits per heavy atom. The van der Waals surface area contributed by atoms with E-state index in [2.05, 4.69) is 4.90 Å². The van der Waals surface area contributed by atoms with E-state index in [0.29, 0.717) is 24.6 Å². The Hall–Kier alpha value is -2.54. The van der Waals surface area contributed by atoms with Crippen LogP contribution in [-0.4, -0.2) is 52.9 Å². The number of nitrogens with zero attached hydrogens (tertiary/aromatic N) is 1. The van der Waals surface area contributed by atoms with E-state index in [1.54, 1.807) is 13.0 Å². The summed E-state index contributed by atoms with van der Waals surface area (Å²) in [6, 6.07) is 13.6. The predicted octanol–water partition coefficient (Wildman–Crippen LogP) is 5.16. The topological polar surface area (TPSA) is 70.0 Å². The van der Waals surface area contributed by atoms with E-state index in [4.69, 9.17) is 9.84 Å². The lowest BCUT2D eigenvalue weighted by atomic mass is 10.0. The first kappa shape index (κ1) is 26.1. The van der Waals surface area contributed by atoms with Crippen LogP contribution >= 0.6 is 0 Å². The summed E-state index contributed by atoms with van der Waals surface area (Å²) in [5.41, 5.74) is 3.64. The highest BCUT2D eigenvalue weighted by Gasteiger charge is 2.27. The molecule has 3 rings (SSSR count). The van der Waals surface area contributed by atoms with E-state index in [1.165, 1.54) is 0 Å². The smallest absolute Gasteiger partial charge is 0.303 e. The van der Waals surface area contributed by atoms with Crippen molar-refractivity contribution in [2.24, 2.45) is 0 Å². The predicted molar refractivity (Wildman–Crippen MR) is 132 cm³/mol. The van der Waals surface area contributed by atoms with E-state index < -0.39 is 12.1 Å². The summed E-state index contributed by atoms with van der Waals surface area (Å²) in [7, 11) is 0. The number of carboxylic acids is 1. The van der Waals surface area contributed by atoms with Gasteiger partial charge in [-0.3, -0.25) is 9.69 Å². The number of carboxylic acid groups (broad SMARTS) is 1. The summed E-state index contributed by atoms with van der Waals surface area (Å²) in [6.45, 7) is 5.41. The molecule has 0 bridgehead atoms. The Labute approximate surface area is 201 Å². The van der Waals surface area contributed by atoms with Crippen molar-refractivity contribution in [3.8, 4) is 0 Å². The molecule has 0 unspecified atom stereocenters. The molecule has 184 valence electrons. The first-order chi connectivity index (χ1) is 16.3. The fourth-order valence-electron chi connectivity index (χ4n) is 4.52. The number of ether oxygens (including phenoxy) is 1. The van der Waals surface area contributed by atoms with Crippen LogP contribution in [0.15, 0.2) is 48.5 Å². The van der Waals surface area contributed by atoms with Gasteiger partial charge in [0, 0.05) is 19.0 Å². The molecule has 5 nitrogen and oxygen atoms in total. The number of β-amino-alcohol motifs (C(OH)–C–C–N with tert-alkyl or cyclic N) is 1. The molecule has 1 aliphatic rings. The summed E-state index contributed by atoms with van der Waals surface area (Å²) in [6.07, 6.45) is 6.45. The first-order valence-corrected chi connectivity index (χ1v) is 12.1. The lowest BCUT2D eigenvalue weighted by Gasteiger charge is -2.27. The second-order valence-electron chi connectivity index (χ2n) is 9.17. The molecule has 34 heavy (non-hydrogen) atoms. The lowest BCUT2D eigenvalue weighted by molar-refractivity contribution is -0.136. The number of hydrogen-bond acceptors (Lipinski definition) is 4. The highest BCUT2D eigenvalue weighted by molar-refractivity contribution is 5.67. The Balaban J connectivity index is 1.51. The van der Waals surface area contributed by atoms with E-state index in [-0.39, 0.29) is 24.9 Å². The summed E-state index contributed by atoms with van der Waals surface area (Å²) >= 11 is 0. The van der Waals surface area contributed by atoms with Gasteiger partial charge in [-0.05, 0) is 74.4 Å². The number of aryl methyl sites for hydroxylation is 1. The number of likely N-dealkylation sites (tertiary alicyclic amines) is 1. The lowest BCUT2D eigenvalue weighted by Crippen LogP contribution is -2.39. The Bertz CT molecular complexity index is 977. The number of rotatable bonds is 12. The van der Waals surface area contributed by atoms with Crippen LogP contribution in [0.1, 0.15) is 61.0 Å². The zero-order valence-electron chi connectivity index (χ0n) is 20.1. The van der Waals surface area contributed by atoms with Crippen LogP contribution in [0.3, 0.4) is 0 Å². The highest BCUT2D eigenvalue weighted by atomic mass is 19.1. The number of halogens is 1. The van der Waals surface area contributed by atoms with Gasteiger partial charge in [0.25, 0.3) is 0 Å². The maximum atomic E-state index is 13.9. The molecule has 2 aromatic carbocycles. The van der Waals surface area contributed by atoms with Gasteiger partial charge in [0.1, 0.15) is 5.82 Å². The van der Waals surface area contributed by atoms with Crippen LogP contribution in [0.25, 0.3) is 6.08 Å². The van der Waals surface area contributed by atoms with Crippen LogP contribution in [0.4, 0.5) is 4.39 Å². The van der Waals surface area contributed by atoms with E-state index >= 15 is 0 Å². The number of aliphatic carboxylic acids is 1. The molecule has 0 aromatic heterocycles. The minimum atomic E-state index is -0.810. The number of allylic oxidation sites excluding steroid dienone is 1. The number of hydrogen-bond donors (Lipinski definition) is 2. The first-order valence-electron chi connectivity index (χ1n) is 12.1. The number of aliphatic hydroxyl groups is 1. The molecule has 2 aromatic rings. The fourth-order valence-corrected chi connectivity index (χ4v) is 4.52. The van der Waals surface area contributed by atoms with Gasteiger partial charge in [-0.25, -0.2) is 4.39 Å². The third kappa shape index (κ3) is 7.76. The van der Waals surface area contributed by atoms with Gasteiger partial charge in [-0.2, -0.15) is 0 Å². The third-order valence-corrected chi connectivity index (χ3v) is 6.45. The standard InChI is InChI=1S/C28H36FNO4/c1-20-13-14-22(17-27(20)29)16-24-10-7-15-30(24)18-25(31)19-34-21(2)26-11-5-3-8-23(26)9-4-6-12-28(32)33/h3-5,8-9,11,13-14,17,21,24-25,31H,6-7,10,12,15-16,18-19H2,1-2H3,(H,32,33)/t21-,24+,25-/m1/s1. The molecule has 0 amide bonds. The molecule has 2 N–H and O–H groups in total. The molecular formula is C28H36FNO4. The van der Waals surface area contributed by atoms with Gasteiger partial charge in [-0.15, -0.1) is 0 Å². The van der Waals surface area contributed by atoms with E-state index in [1.807, 2.05) is 55.5 Å². The molecule has 6 heteroatoms. The van der Waals surface area contributed by atoms with E-state index in [0.717, 1.165) is 42.5 Å². The highest BCUT2D eigenvalue weighted by Crippen LogP contribution is 2.25. The zero-order valence-corrected chi connectivity index (χ0v) is 20.1. The molecule has 0 aliphatic carbocycles. The van der Waals surface area contributed by atoms with Crippen molar-refractivity contribution in [2.45, 2.75) is 64.2 Å². The monoisotopic (exact) mass is 469 g/mol. The van der Waals surface area contributed by atoms with Crippen molar-refractivity contribution in [3.05, 3.63) is 76.6 Å². The molecule has 0 spiro atoms. The van der Waals surface area contributed by atoms with E-state index in [9.17, 15) is 14.3 Å². The average Bonchev–Trinajstić information content (AvgIpc) is 3.24. The Kier molecular flexibility index (Phi) is 9.81. The van der Waals surface area contributed by atoms with Crippen molar-refractivity contribution in [2.75, 3.05) is 19.7 Å². The SMILES string of the molecule is Cc1ccc(C[C@@H]2CCCN2C[C@@H](O)CO[C@H](C)c2ccccc2C=CCCC(=O)O)cc1F. The number of carbonyl (C=O) groups is 1. The van der Waals surface area contributed by atoms with Crippen LogP contribution in [-0.2, 0) is 16.0 Å². The molecule has 0 radical (unpaired) electrons. The second-order valence-corrected chi connectivity index (χ2v) is 9.17. The zero-order chi connectivity index (χ0) is 24.5. The van der Waals surface area contributed by atoms with Gasteiger partial charge < -0.3 is 14.9 Å². The van der Waals surface area contributed by atoms with Crippen molar-refractivity contribution in [1.82, 2.24) is 4.90 Å². The third-order valence-electron chi connectivity index (χ3n) is 6.45. The van der Waals surface area contributed by atoms with Gasteiger partial charge in [0.05, 0.1) is 18.8 Å². The summed E-state index contributed by atoms with van der Waals surface area (Å²) in [5, 5.41) is 19.5. The number of benzene rings is 2. The summed E-state index contributed by atoms with van der Waals surface area (Å²) < 4.78 is 19.9. The summed E-state index contributed by atoms with van der Waals surface area (Å²) in [5.74, 6) is -0.976. The minimum absolute atomic E-state index is 0.104. The molecule has 1 saturated heterocycles. The van der Waals surface area contributed by atoms with Crippen LogP contribution < -0.4 is 0 Å². The molecule has 0 saturated carbocycles. The van der Waals surface area contributed by atoms with Crippen LogP contribution in [0.5, 0.6) is 0 Å². The van der Waals surface area contributed by atoms with Crippen molar-refractivity contribution < 1.29 is 24.1 Å².